The minimum Gasteiger partial charge on any atom is -0.340 e. The lowest BCUT2D eigenvalue weighted by Crippen LogP contribution is -2.03. The molecule has 3 aromatic rings. The highest BCUT2D eigenvalue weighted by Gasteiger charge is 2.07. The lowest BCUT2D eigenvalue weighted by molar-refractivity contribution is 1.15. The quantitative estimate of drug-likeness (QED) is 0.692. The third kappa shape index (κ3) is 3.81. The second-order valence-corrected chi connectivity index (χ2v) is 6.43. The SMILES string of the molecule is Cc1cc(C)c(Nc2nccc(Nc3ccc(C#N)cc3C)n2)c(C)c1. The number of nitriles is 1. The molecule has 0 atom stereocenters. The molecule has 2 N–H and O–H groups in total. The molecular weight excluding hydrogens is 322 g/mol. The molecule has 0 fully saturated rings. The van der Waals surface area contributed by atoms with E-state index in [0.717, 1.165) is 28.1 Å². The van der Waals surface area contributed by atoms with Gasteiger partial charge >= 0.3 is 0 Å². The standard InChI is InChI=1S/C21H21N5/c1-13-9-15(3)20(16(4)10-13)26-21-23-8-7-19(25-21)24-18-6-5-17(12-22)11-14(18)2/h5-11H,1-4H3,(H2,23,24,25,26). The van der Waals surface area contributed by atoms with Crippen molar-refractivity contribution in [3.8, 4) is 6.07 Å². The van der Waals surface area contributed by atoms with E-state index >= 15 is 0 Å². The summed E-state index contributed by atoms with van der Waals surface area (Å²) in [6.07, 6.45) is 1.72. The summed E-state index contributed by atoms with van der Waals surface area (Å²) < 4.78 is 0. The zero-order valence-corrected chi connectivity index (χ0v) is 15.4. The summed E-state index contributed by atoms with van der Waals surface area (Å²) in [5.41, 5.74) is 7.13. The van der Waals surface area contributed by atoms with Crippen molar-refractivity contribution in [1.82, 2.24) is 9.97 Å². The van der Waals surface area contributed by atoms with Crippen LogP contribution < -0.4 is 10.6 Å². The molecule has 3 rings (SSSR count). The first-order valence-electron chi connectivity index (χ1n) is 8.42. The van der Waals surface area contributed by atoms with Gasteiger partial charge in [0, 0.05) is 17.6 Å². The molecule has 1 aromatic heterocycles. The molecule has 0 bridgehead atoms. The molecule has 5 nitrogen and oxygen atoms in total. The summed E-state index contributed by atoms with van der Waals surface area (Å²) in [7, 11) is 0. The normalized spacial score (nSPS) is 10.3. The molecule has 5 heteroatoms. The highest BCUT2D eigenvalue weighted by Crippen LogP contribution is 2.25. The Bertz CT molecular complexity index is 979. The van der Waals surface area contributed by atoms with Crippen LogP contribution in [0.1, 0.15) is 27.8 Å². The van der Waals surface area contributed by atoms with Crippen LogP contribution in [0.25, 0.3) is 0 Å². The summed E-state index contributed by atoms with van der Waals surface area (Å²) in [6, 6.07) is 13.8. The summed E-state index contributed by atoms with van der Waals surface area (Å²) in [6.45, 7) is 8.20. The largest absolute Gasteiger partial charge is 0.340 e. The molecular formula is C21H21N5. The van der Waals surface area contributed by atoms with Crippen LogP contribution >= 0.6 is 0 Å². The second-order valence-electron chi connectivity index (χ2n) is 6.43. The van der Waals surface area contributed by atoms with Crippen LogP contribution in [-0.2, 0) is 0 Å². The first-order chi connectivity index (χ1) is 12.5. The van der Waals surface area contributed by atoms with Gasteiger partial charge in [-0.1, -0.05) is 17.7 Å². The zero-order chi connectivity index (χ0) is 18.7. The minimum atomic E-state index is 0.538. The van der Waals surface area contributed by atoms with E-state index in [-0.39, 0.29) is 0 Å². The molecule has 26 heavy (non-hydrogen) atoms. The van der Waals surface area contributed by atoms with Crippen molar-refractivity contribution in [1.29, 1.82) is 5.26 Å². The van der Waals surface area contributed by atoms with Gasteiger partial charge in [0.2, 0.25) is 5.95 Å². The van der Waals surface area contributed by atoms with Crippen LogP contribution in [0.2, 0.25) is 0 Å². The van der Waals surface area contributed by atoms with Gasteiger partial charge in [-0.05, 0) is 68.7 Å². The second kappa shape index (κ2) is 7.24. The Morgan fingerprint density at radius 2 is 1.62 bits per heavy atom. The molecule has 0 aliphatic heterocycles. The van der Waals surface area contributed by atoms with Gasteiger partial charge in [0.15, 0.2) is 0 Å². The number of aromatic nitrogens is 2. The molecule has 0 saturated carbocycles. The Kier molecular flexibility index (Phi) is 4.85. The smallest absolute Gasteiger partial charge is 0.229 e. The van der Waals surface area contributed by atoms with Gasteiger partial charge in [-0.2, -0.15) is 10.2 Å². The fourth-order valence-corrected chi connectivity index (χ4v) is 2.99. The number of anilines is 4. The summed E-state index contributed by atoms with van der Waals surface area (Å²) in [4.78, 5) is 8.88. The highest BCUT2D eigenvalue weighted by molar-refractivity contribution is 5.66. The van der Waals surface area contributed by atoms with Crippen LogP contribution in [0.4, 0.5) is 23.1 Å². The van der Waals surface area contributed by atoms with Crippen molar-refractivity contribution < 1.29 is 0 Å². The monoisotopic (exact) mass is 343 g/mol. The minimum absolute atomic E-state index is 0.538. The van der Waals surface area contributed by atoms with Crippen molar-refractivity contribution in [2.75, 3.05) is 10.6 Å². The number of nitrogens with one attached hydrogen (secondary N) is 2. The number of aryl methyl sites for hydroxylation is 4. The molecule has 0 saturated heterocycles. The van der Waals surface area contributed by atoms with Gasteiger partial charge in [-0.3, -0.25) is 0 Å². The van der Waals surface area contributed by atoms with E-state index in [0.29, 0.717) is 17.3 Å². The van der Waals surface area contributed by atoms with E-state index in [9.17, 15) is 0 Å². The Morgan fingerprint density at radius 1 is 0.885 bits per heavy atom. The maximum Gasteiger partial charge on any atom is 0.229 e. The van der Waals surface area contributed by atoms with Crippen LogP contribution in [0.3, 0.4) is 0 Å². The van der Waals surface area contributed by atoms with Gasteiger partial charge in [0.25, 0.3) is 0 Å². The number of hydrogen-bond donors (Lipinski definition) is 2. The summed E-state index contributed by atoms with van der Waals surface area (Å²) in [5, 5.41) is 15.6. The molecule has 1 heterocycles. The van der Waals surface area contributed by atoms with Crippen molar-refractivity contribution in [3.05, 3.63) is 70.4 Å². The molecule has 0 unspecified atom stereocenters. The highest BCUT2D eigenvalue weighted by atomic mass is 15.1. The van der Waals surface area contributed by atoms with Gasteiger partial charge in [-0.15, -0.1) is 0 Å². The van der Waals surface area contributed by atoms with Crippen molar-refractivity contribution in [3.63, 3.8) is 0 Å². The molecule has 0 aliphatic carbocycles. The molecule has 2 aromatic carbocycles. The van der Waals surface area contributed by atoms with Crippen LogP contribution in [0.5, 0.6) is 0 Å². The predicted octanol–water partition coefficient (Wildman–Crippen LogP) is 5.07. The Hall–Kier alpha value is -3.39. The Balaban J connectivity index is 1.84. The summed E-state index contributed by atoms with van der Waals surface area (Å²) in [5.74, 6) is 1.23. The number of nitrogens with zero attached hydrogens (tertiary/aromatic N) is 3. The molecule has 0 radical (unpaired) electrons. The Labute approximate surface area is 153 Å². The van der Waals surface area contributed by atoms with Crippen LogP contribution in [-0.4, -0.2) is 9.97 Å². The van der Waals surface area contributed by atoms with E-state index in [1.54, 1.807) is 12.3 Å². The first kappa shape index (κ1) is 17.4. The fraction of sp³-hybridized carbons (Fsp3) is 0.190. The van der Waals surface area contributed by atoms with Crippen molar-refractivity contribution in [2.45, 2.75) is 27.7 Å². The van der Waals surface area contributed by atoms with Gasteiger partial charge < -0.3 is 10.6 Å². The van der Waals surface area contributed by atoms with Crippen molar-refractivity contribution in [2.24, 2.45) is 0 Å². The average molecular weight is 343 g/mol. The van der Waals surface area contributed by atoms with E-state index in [2.05, 4.69) is 59.6 Å². The van der Waals surface area contributed by atoms with E-state index in [1.807, 2.05) is 25.1 Å². The summed E-state index contributed by atoms with van der Waals surface area (Å²) >= 11 is 0. The van der Waals surface area contributed by atoms with Gasteiger partial charge in [0.1, 0.15) is 5.82 Å². The van der Waals surface area contributed by atoms with Crippen molar-refractivity contribution >= 4 is 23.1 Å². The predicted molar refractivity (Wildman–Crippen MR) is 105 cm³/mol. The lowest BCUT2D eigenvalue weighted by atomic mass is 10.1. The van der Waals surface area contributed by atoms with E-state index in [1.165, 1.54) is 5.56 Å². The average Bonchev–Trinajstić information content (AvgIpc) is 2.60. The van der Waals surface area contributed by atoms with E-state index < -0.39 is 0 Å². The molecule has 0 spiro atoms. The molecule has 130 valence electrons. The molecule has 0 aliphatic rings. The number of benzene rings is 2. The fourth-order valence-electron chi connectivity index (χ4n) is 2.99. The lowest BCUT2D eigenvalue weighted by Gasteiger charge is -2.14. The first-order valence-corrected chi connectivity index (χ1v) is 8.42. The van der Waals surface area contributed by atoms with E-state index in [4.69, 9.17) is 5.26 Å². The maximum atomic E-state index is 8.98. The Morgan fingerprint density at radius 3 is 2.27 bits per heavy atom. The maximum absolute atomic E-state index is 8.98. The van der Waals surface area contributed by atoms with Gasteiger partial charge in [0.05, 0.1) is 11.6 Å². The number of hydrogen-bond acceptors (Lipinski definition) is 5. The third-order valence-electron chi connectivity index (χ3n) is 4.19. The third-order valence-corrected chi connectivity index (χ3v) is 4.19. The number of rotatable bonds is 4. The van der Waals surface area contributed by atoms with Gasteiger partial charge in [-0.25, -0.2) is 4.98 Å². The topological polar surface area (TPSA) is 73.6 Å². The molecule has 0 amide bonds. The zero-order valence-electron chi connectivity index (χ0n) is 15.4. The van der Waals surface area contributed by atoms with Crippen LogP contribution in [0.15, 0.2) is 42.6 Å². The van der Waals surface area contributed by atoms with Crippen LogP contribution in [0, 0.1) is 39.0 Å².